The lowest BCUT2D eigenvalue weighted by Gasteiger charge is -2.21. The minimum absolute atomic E-state index is 0.00989. The van der Waals surface area contributed by atoms with E-state index in [0.717, 1.165) is 17.9 Å². The number of carbonyl (C=O) groups excluding carboxylic acids is 1. The Labute approximate surface area is 102 Å². The van der Waals surface area contributed by atoms with Gasteiger partial charge in [-0.1, -0.05) is 23.7 Å². The predicted molar refractivity (Wildman–Crippen MR) is 67.9 cm³/mol. The number of Topliss-reactive ketones (excluding diaryl/α,β-unsaturated/α-hetero) is 1. The summed E-state index contributed by atoms with van der Waals surface area (Å²) in [5, 5.41) is 0.750. The van der Waals surface area contributed by atoms with Crippen molar-refractivity contribution in [3.05, 3.63) is 34.9 Å². The number of carbonyl (C=O) groups is 1. The van der Waals surface area contributed by atoms with Crippen LogP contribution in [-0.4, -0.2) is 30.8 Å². The number of nitrogens with zero attached hydrogens (tertiary/aromatic N) is 1. The Balaban J connectivity index is 2.55. The smallest absolute Gasteiger partial charge is 0.146 e. The first-order chi connectivity index (χ1) is 7.50. The maximum Gasteiger partial charge on any atom is 0.146 e. The number of ketones is 1. The molecule has 0 aliphatic carbocycles. The van der Waals surface area contributed by atoms with Gasteiger partial charge in [0.1, 0.15) is 5.78 Å². The minimum atomic E-state index is 0.00989. The highest BCUT2D eigenvalue weighted by Gasteiger charge is 2.15. The zero-order chi connectivity index (χ0) is 12.1. The molecule has 1 atom stereocenters. The first-order valence-corrected chi connectivity index (χ1v) is 5.80. The molecule has 0 heterocycles. The molecule has 0 saturated carbocycles. The molecule has 0 fully saturated rings. The summed E-state index contributed by atoms with van der Waals surface area (Å²) in [5.74, 6) is 0.221. The Bertz CT molecular complexity index is 345. The summed E-state index contributed by atoms with van der Waals surface area (Å²) >= 11 is 5.81. The average Bonchev–Trinajstić information content (AvgIpc) is 2.20. The standard InChI is InChI=1S/C13H18ClNO/c1-10(16)13(15(2)3)9-6-11-4-7-12(14)8-5-11/h4-5,7-8,13H,6,9H2,1-3H3. The van der Waals surface area contributed by atoms with Gasteiger partial charge in [-0.25, -0.2) is 0 Å². The minimum Gasteiger partial charge on any atom is -0.300 e. The highest BCUT2D eigenvalue weighted by Crippen LogP contribution is 2.13. The van der Waals surface area contributed by atoms with Crippen molar-refractivity contribution in [3.63, 3.8) is 0 Å². The largest absolute Gasteiger partial charge is 0.300 e. The van der Waals surface area contributed by atoms with Crippen LogP contribution in [0.5, 0.6) is 0 Å². The number of halogens is 1. The van der Waals surface area contributed by atoms with Crippen LogP contribution in [0.15, 0.2) is 24.3 Å². The fourth-order valence-electron chi connectivity index (χ4n) is 1.78. The number of likely N-dealkylation sites (N-methyl/N-ethyl adjacent to an activating group) is 1. The van der Waals surface area contributed by atoms with E-state index < -0.39 is 0 Å². The Kier molecular flexibility index (Phi) is 4.97. The maximum absolute atomic E-state index is 11.4. The van der Waals surface area contributed by atoms with E-state index in [1.165, 1.54) is 5.56 Å². The van der Waals surface area contributed by atoms with Crippen molar-refractivity contribution in [2.24, 2.45) is 0 Å². The molecule has 0 aliphatic heterocycles. The molecule has 0 aliphatic rings. The van der Waals surface area contributed by atoms with E-state index in [1.807, 2.05) is 43.3 Å². The molecule has 0 radical (unpaired) electrons. The number of aryl methyl sites for hydroxylation is 1. The van der Waals surface area contributed by atoms with E-state index >= 15 is 0 Å². The van der Waals surface area contributed by atoms with Crippen molar-refractivity contribution < 1.29 is 4.79 Å². The van der Waals surface area contributed by atoms with Crippen LogP contribution in [-0.2, 0) is 11.2 Å². The molecule has 16 heavy (non-hydrogen) atoms. The van der Waals surface area contributed by atoms with Crippen LogP contribution in [0.1, 0.15) is 18.9 Å². The molecule has 1 unspecified atom stereocenters. The highest BCUT2D eigenvalue weighted by atomic mass is 35.5. The van der Waals surface area contributed by atoms with Crippen molar-refractivity contribution in [2.75, 3.05) is 14.1 Å². The molecule has 1 rings (SSSR count). The van der Waals surface area contributed by atoms with Crippen molar-refractivity contribution >= 4 is 17.4 Å². The summed E-state index contributed by atoms with van der Waals surface area (Å²) < 4.78 is 0. The second-order valence-corrected chi connectivity index (χ2v) is 4.69. The summed E-state index contributed by atoms with van der Waals surface area (Å²) in [5.41, 5.74) is 1.22. The topological polar surface area (TPSA) is 20.3 Å². The lowest BCUT2D eigenvalue weighted by atomic mass is 10.0. The molecule has 0 aromatic heterocycles. The van der Waals surface area contributed by atoms with Gasteiger partial charge in [-0.15, -0.1) is 0 Å². The van der Waals surface area contributed by atoms with Gasteiger partial charge in [0.2, 0.25) is 0 Å². The zero-order valence-corrected chi connectivity index (χ0v) is 10.8. The van der Waals surface area contributed by atoms with Crippen LogP contribution in [0.2, 0.25) is 5.02 Å². The van der Waals surface area contributed by atoms with Crippen LogP contribution in [0.4, 0.5) is 0 Å². The third kappa shape index (κ3) is 3.95. The van der Waals surface area contributed by atoms with Crippen LogP contribution >= 0.6 is 11.6 Å². The van der Waals surface area contributed by atoms with E-state index in [4.69, 9.17) is 11.6 Å². The fourth-order valence-corrected chi connectivity index (χ4v) is 1.91. The number of benzene rings is 1. The summed E-state index contributed by atoms with van der Waals surface area (Å²) in [6.07, 6.45) is 1.75. The Morgan fingerprint density at radius 1 is 1.31 bits per heavy atom. The molecule has 2 nitrogen and oxygen atoms in total. The summed E-state index contributed by atoms with van der Waals surface area (Å²) in [6, 6.07) is 7.80. The summed E-state index contributed by atoms with van der Waals surface area (Å²) in [6.45, 7) is 1.65. The lowest BCUT2D eigenvalue weighted by molar-refractivity contribution is -0.121. The van der Waals surface area contributed by atoms with E-state index in [1.54, 1.807) is 6.92 Å². The second-order valence-electron chi connectivity index (χ2n) is 4.26. The van der Waals surface area contributed by atoms with E-state index in [-0.39, 0.29) is 11.8 Å². The normalized spacial score (nSPS) is 12.8. The van der Waals surface area contributed by atoms with Gasteiger partial charge in [0.25, 0.3) is 0 Å². The van der Waals surface area contributed by atoms with Crippen molar-refractivity contribution in [1.82, 2.24) is 4.90 Å². The monoisotopic (exact) mass is 239 g/mol. The average molecular weight is 240 g/mol. The quantitative estimate of drug-likeness (QED) is 0.788. The predicted octanol–water partition coefficient (Wildman–Crippen LogP) is 2.79. The fraction of sp³-hybridized carbons (Fsp3) is 0.462. The second kappa shape index (κ2) is 6.02. The van der Waals surface area contributed by atoms with Gasteiger partial charge in [0.05, 0.1) is 6.04 Å². The molecule has 88 valence electrons. The molecular formula is C13H18ClNO. The number of hydrogen-bond donors (Lipinski definition) is 0. The molecule has 0 saturated heterocycles. The van der Waals surface area contributed by atoms with Gasteiger partial charge in [0, 0.05) is 5.02 Å². The molecule has 0 bridgehead atoms. The van der Waals surface area contributed by atoms with Gasteiger partial charge in [-0.3, -0.25) is 9.69 Å². The Morgan fingerprint density at radius 3 is 2.31 bits per heavy atom. The Hall–Kier alpha value is -0.860. The van der Waals surface area contributed by atoms with Crippen molar-refractivity contribution in [3.8, 4) is 0 Å². The van der Waals surface area contributed by atoms with E-state index in [2.05, 4.69) is 0 Å². The van der Waals surface area contributed by atoms with Crippen molar-refractivity contribution in [1.29, 1.82) is 0 Å². The summed E-state index contributed by atoms with van der Waals surface area (Å²) in [7, 11) is 3.88. The van der Waals surface area contributed by atoms with Crippen LogP contribution in [0, 0.1) is 0 Å². The molecule has 0 N–H and O–H groups in total. The van der Waals surface area contributed by atoms with Gasteiger partial charge in [-0.2, -0.15) is 0 Å². The van der Waals surface area contributed by atoms with E-state index in [0.29, 0.717) is 0 Å². The third-order valence-electron chi connectivity index (χ3n) is 2.71. The highest BCUT2D eigenvalue weighted by molar-refractivity contribution is 6.30. The van der Waals surface area contributed by atoms with Gasteiger partial charge in [0.15, 0.2) is 0 Å². The first-order valence-electron chi connectivity index (χ1n) is 5.42. The van der Waals surface area contributed by atoms with Gasteiger partial charge >= 0.3 is 0 Å². The molecule has 0 spiro atoms. The zero-order valence-electron chi connectivity index (χ0n) is 10.0. The molecule has 3 heteroatoms. The van der Waals surface area contributed by atoms with Gasteiger partial charge in [-0.05, 0) is 51.6 Å². The van der Waals surface area contributed by atoms with Crippen molar-refractivity contribution in [2.45, 2.75) is 25.8 Å². The first kappa shape index (κ1) is 13.2. The third-order valence-corrected chi connectivity index (χ3v) is 2.96. The van der Waals surface area contributed by atoms with Crippen LogP contribution < -0.4 is 0 Å². The maximum atomic E-state index is 11.4. The number of hydrogen-bond acceptors (Lipinski definition) is 2. The lowest BCUT2D eigenvalue weighted by Crippen LogP contribution is -2.34. The number of rotatable bonds is 5. The summed E-state index contributed by atoms with van der Waals surface area (Å²) in [4.78, 5) is 13.4. The van der Waals surface area contributed by atoms with E-state index in [9.17, 15) is 4.79 Å². The molecule has 1 aromatic carbocycles. The molecule has 0 amide bonds. The molecule has 1 aromatic rings. The van der Waals surface area contributed by atoms with Crippen LogP contribution in [0.25, 0.3) is 0 Å². The van der Waals surface area contributed by atoms with Gasteiger partial charge < -0.3 is 0 Å². The Morgan fingerprint density at radius 2 is 1.88 bits per heavy atom. The SMILES string of the molecule is CC(=O)C(CCc1ccc(Cl)cc1)N(C)C. The molecular weight excluding hydrogens is 222 g/mol. The van der Waals surface area contributed by atoms with Crippen LogP contribution in [0.3, 0.4) is 0 Å².